The lowest BCUT2D eigenvalue weighted by atomic mass is 10.1. The molecule has 0 spiro atoms. The number of nitrogen functional groups attached to an aromatic ring is 1. The van der Waals surface area contributed by atoms with Crippen LogP contribution in [-0.4, -0.2) is 22.2 Å². The number of nitrogens with two attached hydrogens (primary N) is 1. The Bertz CT molecular complexity index is 758. The van der Waals surface area contributed by atoms with Crippen LogP contribution in [0.25, 0.3) is 0 Å². The van der Waals surface area contributed by atoms with Gasteiger partial charge in [0, 0.05) is 11.8 Å². The highest BCUT2D eigenvalue weighted by Crippen LogP contribution is 2.19. The zero-order chi connectivity index (χ0) is 16.1. The van der Waals surface area contributed by atoms with Gasteiger partial charge in [0.05, 0.1) is 22.3 Å². The molecular formula is C14H12N4O4. The van der Waals surface area contributed by atoms with Gasteiger partial charge in [0.15, 0.2) is 0 Å². The van der Waals surface area contributed by atoms with E-state index in [9.17, 15) is 20.0 Å². The number of rotatable bonds is 4. The van der Waals surface area contributed by atoms with E-state index in [0.717, 1.165) is 6.21 Å². The van der Waals surface area contributed by atoms with Crippen molar-refractivity contribution in [1.29, 1.82) is 0 Å². The molecule has 22 heavy (non-hydrogen) atoms. The Labute approximate surface area is 125 Å². The van der Waals surface area contributed by atoms with Gasteiger partial charge in [-0.1, -0.05) is 12.1 Å². The molecule has 8 heteroatoms. The number of hydrogen-bond donors (Lipinski definition) is 3. The van der Waals surface area contributed by atoms with E-state index in [1.54, 1.807) is 6.07 Å². The number of para-hydroxylation sites is 1. The van der Waals surface area contributed by atoms with Crippen molar-refractivity contribution in [2.75, 3.05) is 5.73 Å². The van der Waals surface area contributed by atoms with Crippen LogP contribution in [0.15, 0.2) is 47.6 Å². The molecule has 8 nitrogen and oxygen atoms in total. The Morgan fingerprint density at radius 2 is 2.05 bits per heavy atom. The standard InChI is InChI=1S/C14H12N4O4/c15-10-5-6-13(19)11(7-10)14(20)17-16-8-9-3-1-2-4-12(9)18(21)22/h1-8,19H,15H2,(H,17,20)/b16-8-. The summed E-state index contributed by atoms with van der Waals surface area (Å²) in [6.07, 6.45) is 1.15. The molecule has 4 N–H and O–H groups in total. The largest absolute Gasteiger partial charge is 0.507 e. The molecule has 0 atom stereocenters. The van der Waals surface area contributed by atoms with Gasteiger partial charge < -0.3 is 10.8 Å². The number of hydrazone groups is 1. The predicted molar refractivity (Wildman–Crippen MR) is 80.7 cm³/mol. The first-order valence-electron chi connectivity index (χ1n) is 6.14. The molecule has 0 fully saturated rings. The van der Waals surface area contributed by atoms with Crippen LogP contribution in [0.2, 0.25) is 0 Å². The Kier molecular flexibility index (Phi) is 4.33. The number of hydrogen-bond acceptors (Lipinski definition) is 6. The van der Waals surface area contributed by atoms with Crippen LogP contribution in [0.1, 0.15) is 15.9 Å². The Morgan fingerprint density at radius 1 is 1.32 bits per heavy atom. The number of phenolic OH excluding ortho intramolecular Hbond substituents is 1. The number of benzene rings is 2. The van der Waals surface area contributed by atoms with E-state index >= 15 is 0 Å². The van der Waals surface area contributed by atoms with E-state index in [2.05, 4.69) is 10.5 Å². The summed E-state index contributed by atoms with van der Waals surface area (Å²) in [6.45, 7) is 0. The molecule has 0 aliphatic carbocycles. The van der Waals surface area contributed by atoms with Crippen molar-refractivity contribution >= 4 is 23.5 Å². The smallest absolute Gasteiger partial charge is 0.278 e. The summed E-state index contributed by atoms with van der Waals surface area (Å²) >= 11 is 0. The minimum atomic E-state index is -0.681. The van der Waals surface area contributed by atoms with Gasteiger partial charge in [-0.15, -0.1) is 0 Å². The van der Waals surface area contributed by atoms with Crippen LogP contribution in [0.3, 0.4) is 0 Å². The highest BCUT2D eigenvalue weighted by molar-refractivity contribution is 5.98. The van der Waals surface area contributed by atoms with E-state index in [0.29, 0.717) is 5.69 Å². The zero-order valence-electron chi connectivity index (χ0n) is 11.3. The van der Waals surface area contributed by atoms with Gasteiger partial charge in [-0.3, -0.25) is 14.9 Å². The molecule has 0 aliphatic heterocycles. The van der Waals surface area contributed by atoms with Gasteiger partial charge in [0.2, 0.25) is 0 Å². The minimum Gasteiger partial charge on any atom is -0.507 e. The summed E-state index contributed by atoms with van der Waals surface area (Å²) in [5, 5.41) is 24.1. The molecular weight excluding hydrogens is 288 g/mol. The van der Waals surface area contributed by atoms with Crippen molar-refractivity contribution in [2.24, 2.45) is 5.10 Å². The van der Waals surface area contributed by atoms with Crippen molar-refractivity contribution in [3.8, 4) is 5.75 Å². The van der Waals surface area contributed by atoms with E-state index in [1.165, 1.54) is 36.4 Å². The number of anilines is 1. The van der Waals surface area contributed by atoms with Crippen molar-refractivity contribution in [3.63, 3.8) is 0 Å². The number of carbonyl (C=O) groups is 1. The Balaban J connectivity index is 2.14. The van der Waals surface area contributed by atoms with Crippen LogP contribution >= 0.6 is 0 Å². The summed E-state index contributed by atoms with van der Waals surface area (Å²) in [4.78, 5) is 22.1. The van der Waals surface area contributed by atoms with Gasteiger partial charge in [-0.05, 0) is 24.3 Å². The molecule has 2 aromatic rings. The van der Waals surface area contributed by atoms with Crippen molar-refractivity contribution in [3.05, 3.63) is 63.7 Å². The van der Waals surface area contributed by atoms with Crippen molar-refractivity contribution < 1.29 is 14.8 Å². The van der Waals surface area contributed by atoms with Crippen LogP contribution < -0.4 is 11.2 Å². The lowest BCUT2D eigenvalue weighted by molar-refractivity contribution is -0.385. The lowest BCUT2D eigenvalue weighted by Gasteiger charge is -2.03. The number of amides is 1. The summed E-state index contributed by atoms with van der Waals surface area (Å²) in [7, 11) is 0. The molecule has 0 saturated carbocycles. The van der Waals surface area contributed by atoms with Crippen LogP contribution in [-0.2, 0) is 0 Å². The minimum absolute atomic E-state index is 0.0419. The fraction of sp³-hybridized carbons (Fsp3) is 0. The molecule has 2 rings (SSSR count). The highest BCUT2D eigenvalue weighted by Gasteiger charge is 2.12. The first-order valence-corrected chi connectivity index (χ1v) is 6.14. The number of nitro groups is 1. The Hall–Kier alpha value is -3.42. The van der Waals surface area contributed by atoms with Gasteiger partial charge >= 0.3 is 0 Å². The molecule has 0 radical (unpaired) electrons. The quantitative estimate of drug-likeness (QED) is 0.260. The third-order valence-electron chi connectivity index (χ3n) is 2.77. The maximum Gasteiger partial charge on any atom is 0.278 e. The fourth-order valence-corrected chi connectivity index (χ4v) is 1.72. The van der Waals surface area contributed by atoms with Gasteiger partial charge in [-0.25, -0.2) is 5.43 Å². The van der Waals surface area contributed by atoms with E-state index in [-0.39, 0.29) is 22.6 Å². The maximum absolute atomic E-state index is 11.9. The third kappa shape index (κ3) is 3.37. The lowest BCUT2D eigenvalue weighted by Crippen LogP contribution is -2.18. The second kappa shape index (κ2) is 6.35. The van der Waals surface area contributed by atoms with Gasteiger partial charge in [0.1, 0.15) is 5.75 Å². The number of nitro benzene ring substituents is 1. The first kappa shape index (κ1) is 15.0. The topological polar surface area (TPSA) is 131 Å². The summed E-state index contributed by atoms with van der Waals surface area (Å²) < 4.78 is 0. The van der Waals surface area contributed by atoms with Crippen molar-refractivity contribution in [2.45, 2.75) is 0 Å². The SMILES string of the molecule is Nc1ccc(O)c(C(=O)N/N=C\c2ccccc2[N+](=O)[O-])c1. The number of nitrogens with zero attached hydrogens (tertiary/aromatic N) is 2. The van der Waals surface area contributed by atoms with Crippen LogP contribution in [0.5, 0.6) is 5.75 Å². The molecule has 0 aromatic heterocycles. The predicted octanol–water partition coefficient (Wildman–Crippen LogP) is 1.65. The summed E-state index contributed by atoms with van der Waals surface area (Å²) in [5.74, 6) is -0.924. The number of nitrogens with one attached hydrogen (secondary N) is 1. The first-order chi connectivity index (χ1) is 10.5. The molecule has 0 saturated heterocycles. The van der Waals surface area contributed by atoms with Crippen molar-refractivity contribution in [1.82, 2.24) is 5.43 Å². The van der Waals surface area contributed by atoms with E-state index in [1.807, 2.05) is 0 Å². The molecule has 0 aliphatic rings. The van der Waals surface area contributed by atoms with Crippen LogP contribution in [0.4, 0.5) is 11.4 Å². The number of aromatic hydroxyl groups is 1. The highest BCUT2D eigenvalue weighted by atomic mass is 16.6. The third-order valence-corrected chi connectivity index (χ3v) is 2.77. The molecule has 1 amide bonds. The second-order valence-electron chi connectivity index (χ2n) is 4.29. The molecule has 0 bridgehead atoms. The molecule has 112 valence electrons. The molecule has 2 aromatic carbocycles. The van der Waals surface area contributed by atoms with E-state index in [4.69, 9.17) is 5.73 Å². The summed E-state index contributed by atoms with van der Waals surface area (Å²) in [6, 6.07) is 9.99. The fourth-order valence-electron chi connectivity index (χ4n) is 1.72. The normalized spacial score (nSPS) is 10.5. The van der Waals surface area contributed by atoms with E-state index < -0.39 is 10.8 Å². The maximum atomic E-state index is 11.9. The number of phenols is 1. The summed E-state index contributed by atoms with van der Waals surface area (Å²) in [5.41, 5.74) is 8.08. The molecule has 0 unspecified atom stereocenters. The average Bonchev–Trinajstić information content (AvgIpc) is 2.50. The van der Waals surface area contributed by atoms with Gasteiger partial charge in [-0.2, -0.15) is 5.10 Å². The number of carbonyl (C=O) groups excluding carboxylic acids is 1. The monoisotopic (exact) mass is 300 g/mol. The zero-order valence-corrected chi connectivity index (χ0v) is 11.3. The van der Waals surface area contributed by atoms with Crippen LogP contribution in [0, 0.1) is 10.1 Å². The van der Waals surface area contributed by atoms with Gasteiger partial charge in [0.25, 0.3) is 11.6 Å². The second-order valence-corrected chi connectivity index (χ2v) is 4.29. The average molecular weight is 300 g/mol. The molecule has 0 heterocycles. The Morgan fingerprint density at radius 3 is 2.77 bits per heavy atom.